The summed E-state index contributed by atoms with van der Waals surface area (Å²) in [5.41, 5.74) is 6.90. The first-order valence-corrected chi connectivity index (χ1v) is 20.1. The van der Waals surface area contributed by atoms with Crippen molar-refractivity contribution >= 4 is 33.7 Å². The van der Waals surface area contributed by atoms with Crippen LogP contribution in [0, 0.1) is 23.2 Å². The number of hydrogen-bond donors (Lipinski definition) is 3. The molecule has 0 spiro atoms. The number of esters is 2. The number of carbonyl (C=O) groups excluding carboxylic acids is 2. The summed E-state index contributed by atoms with van der Waals surface area (Å²) in [6, 6.07) is 12.6. The number of ether oxygens (including phenoxy) is 4. The molecule has 290 valence electrons. The summed E-state index contributed by atoms with van der Waals surface area (Å²) in [5.74, 6) is 0.248. The molecule has 5 aliphatic heterocycles. The summed E-state index contributed by atoms with van der Waals surface area (Å²) >= 11 is 0. The zero-order valence-corrected chi connectivity index (χ0v) is 32.4. The number of allylic oxidation sites excluding steroid dienone is 1. The second kappa shape index (κ2) is 12.7. The Morgan fingerprint density at radius 3 is 2.60 bits per heavy atom. The van der Waals surface area contributed by atoms with E-state index in [9.17, 15) is 14.7 Å². The predicted octanol–water partition coefficient (Wildman–Crippen LogP) is 5.19. The van der Waals surface area contributed by atoms with E-state index in [2.05, 4.69) is 69.2 Å². The minimum atomic E-state index is -0.919. The highest BCUT2D eigenvalue weighted by atomic mass is 16.5. The normalized spacial score (nSPS) is 36.0. The van der Waals surface area contributed by atoms with Gasteiger partial charge >= 0.3 is 11.9 Å². The third-order valence-corrected chi connectivity index (χ3v) is 15.0. The van der Waals surface area contributed by atoms with E-state index in [0.29, 0.717) is 32.6 Å². The van der Waals surface area contributed by atoms with Crippen molar-refractivity contribution in [2.45, 2.75) is 75.5 Å². The molecule has 2 aromatic carbocycles. The summed E-state index contributed by atoms with van der Waals surface area (Å²) in [6.45, 7) is 7.19. The predicted molar refractivity (Wildman–Crippen MR) is 207 cm³/mol. The maximum absolute atomic E-state index is 14.3. The zero-order chi connectivity index (χ0) is 38.0. The lowest BCUT2D eigenvalue weighted by molar-refractivity contribution is -0.199. The first-order chi connectivity index (χ1) is 26.7. The fourth-order valence-electron chi connectivity index (χ4n) is 12.8. The van der Waals surface area contributed by atoms with Gasteiger partial charge in [-0.2, -0.15) is 0 Å². The number of hydrogen-bond acceptors (Lipinski definition) is 9. The average Bonchev–Trinajstić information content (AvgIpc) is 3.72. The summed E-state index contributed by atoms with van der Waals surface area (Å²) in [6.07, 6.45) is 5.35. The van der Waals surface area contributed by atoms with Gasteiger partial charge < -0.3 is 34.0 Å². The summed E-state index contributed by atoms with van der Waals surface area (Å²) < 4.78 is 24.0. The van der Waals surface area contributed by atoms with Crippen LogP contribution in [-0.4, -0.2) is 109 Å². The van der Waals surface area contributed by atoms with Crippen molar-refractivity contribution in [2.24, 2.45) is 23.2 Å². The quantitative estimate of drug-likeness (QED) is 0.187. The number of aromatic nitrogens is 2. The molecule has 1 saturated carbocycles. The first-order valence-electron chi connectivity index (χ1n) is 20.1. The Morgan fingerprint density at radius 2 is 1.84 bits per heavy atom. The van der Waals surface area contributed by atoms with Crippen LogP contribution < -0.4 is 4.74 Å². The highest BCUT2D eigenvalue weighted by Gasteiger charge is 2.64. The molecule has 7 aliphatic rings. The Balaban J connectivity index is 1.21. The number of rotatable bonds is 5. The standard InChI is InChI=1S/C44H52N4O7/c1-6-25-20-48-22-55-21-44(42(51)54-5)33(25)15-31(38-32(16-37(44)48)26-9-7-8-10-34(26)45-38)30-14-29-27-11-12-47-19-24-13-28(23(2)49)40(47)43(18-24,41(50)53-4)39(27)46-35(29)17-36(30)52-3/h6-10,14,17,23-24,28,31,33,37,40,45-46,49H,11-13,15-16,18-22H2,1-5H3/b25-6+/t23-,24+,28+,31-,33-,37-,40-,43+,44-/m0/s1. The number of aromatic amines is 2. The minimum Gasteiger partial charge on any atom is -0.496 e. The van der Waals surface area contributed by atoms with Crippen LogP contribution in [0.15, 0.2) is 48.0 Å². The molecule has 8 bridgehead atoms. The van der Waals surface area contributed by atoms with E-state index in [1.54, 1.807) is 7.11 Å². The topological polar surface area (TPSA) is 129 Å². The molecule has 2 aromatic heterocycles. The van der Waals surface area contributed by atoms with E-state index < -0.39 is 16.9 Å². The largest absolute Gasteiger partial charge is 0.496 e. The number of fused-ring (bicyclic) bond motifs is 7. The van der Waals surface area contributed by atoms with Crippen molar-refractivity contribution in [3.63, 3.8) is 0 Å². The van der Waals surface area contributed by atoms with E-state index in [1.807, 2.05) is 6.92 Å². The van der Waals surface area contributed by atoms with E-state index in [0.717, 1.165) is 82.5 Å². The van der Waals surface area contributed by atoms with Crippen LogP contribution in [0.4, 0.5) is 0 Å². The van der Waals surface area contributed by atoms with Crippen molar-refractivity contribution in [3.05, 3.63) is 76.1 Å². The van der Waals surface area contributed by atoms with Gasteiger partial charge in [0.1, 0.15) is 16.6 Å². The van der Waals surface area contributed by atoms with E-state index in [4.69, 9.17) is 18.9 Å². The minimum absolute atomic E-state index is 0.0358. The van der Waals surface area contributed by atoms with E-state index in [1.165, 1.54) is 25.4 Å². The molecule has 2 unspecified atom stereocenters. The number of benzene rings is 2. The number of piperidine rings is 3. The molecule has 11 rings (SSSR count). The van der Waals surface area contributed by atoms with Gasteiger partial charge in [0.15, 0.2) is 0 Å². The number of aliphatic hydroxyl groups is 1. The van der Waals surface area contributed by atoms with Gasteiger partial charge in [-0.05, 0) is 75.1 Å². The van der Waals surface area contributed by atoms with Gasteiger partial charge in [-0.15, -0.1) is 0 Å². The van der Waals surface area contributed by atoms with Crippen LogP contribution in [0.1, 0.15) is 67.1 Å². The number of carbonyl (C=O) groups is 2. The van der Waals surface area contributed by atoms with Crippen LogP contribution >= 0.6 is 0 Å². The molecule has 7 heterocycles. The Kier molecular flexibility index (Phi) is 8.13. The third kappa shape index (κ3) is 4.70. The van der Waals surface area contributed by atoms with Crippen LogP contribution in [-0.2, 0) is 42.1 Å². The van der Waals surface area contributed by atoms with Crippen molar-refractivity contribution < 1.29 is 33.6 Å². The number of H-pyrrole nitrogens is 2. The SMILES string of the molecule is C/C=C1\CN2COC[C@@]3(C(=O)OC)[C@@H]2Cc2c([nH]c4ccccc24)[C@H](c2cc4c5c([nH]c4cc2OC)[C@]2(C(=O)OC)C[C@H]4C[C@H]([C@H](C)O)[C@@H]2N(CC5)C4)C[C@@H]13. The molecule has 0 amide bonds. The molecule has 55 heavy (non-hydrogen) atoms. The summed E-state index contributed by atoms with van der Waals surface area (Å²) in [7, 11) is 4.73. The Labute approximate surface area is 321 Å². The zero-order valence-electron chi connectivity index (χ0n) is 32.4. The fraction of sp³-hybridized carbons (Fsp3) is 0.545. The van der Waals surface area contributed by atoms with Gasteiger partial charge in [0.2, 0.25) is 0 Å². The van der Waals surface area contributed by atoms with Gasteiger partial charge in [0.05, 0.1) is 40.8 Å². The van der Waals surface area contributed by atoms with Crippen LogP contribution in [0.2, 0.25) is 0 Å². The molecule has 0 radical (unpaired) electrons. The Hall–Kier alpha value is -4.16. The molecule has 11 atom stereocenters. The maximum atomic E-state index is 14.3. The Morgan fingerprint density at radius 1 is 1.02 bits per heavy atom. The second-order valence-electron chi connectivity index (χ2n) is 17.2. The van der Waals surface area contributed by atoms with Crippen molar-refractivity contribution in [1.82, 2.24) is 19.8 Å². The lowest BCUT2D eigenvalue weighted by Gasteiger charge is -2.58. The van der Waals surface area contributed by atoms with Crippen LogP contribution in [0.3, 0.4) is 0 Å². The van der Waals surface area contributed by atoms with Crippen LogP contribution in [0.5, 0.6) is 5.75 Å². The second-order valence-corrected chi connectivity index (χ2v) is 17.2. The first kappa shape index (κ1) is 35.3. The van der Waals surface area contributed by atoms with Gasteiger partial charge in [-0.3, -0.25) is 19.4 Å². The monoisotopic (exact) mass is 748 g/mol. The van der Waals surface area contributed by atoms with E-state index in [-0.39, 0.29) is 47.7 Å². The smallest absolute Gasteiger partial charge is 0.319 e. The summed E-state index contributed by atoms with van der Waals surface area (Å²) in [4.78, 5) is 41.1. The number of nitrogens with one attached hydrogen (secondary N) is 2. The fourth-order valence-corrected chi connectivity index (χ4v) is 12.8. The van der Waals surface area contributed by atoms with Crippen molar-refractivity contribution in [1.29, 1.82) is 0 Å². The van der Waals surface area contributed by atoms with Crippen LogP contribution in [0.25, 0.3) is 21.8 Å². The molecule has 4 saturated heterocycles. The van der Waals surface area contributed by atoms with Gasteiger partial charge in [-0.25, -0.2) is 0 Å². The van der Waals surface area contributed by atoms with Gasteiger partial charge in [0.25, 0.3) is 0 Å². The maximum Gasteiger partial charge on any atom is 0.319 e. The van der Waals surface area contributed by atoms with Gasteiger partial charge in [-0.1, -0.05) is 29.8 Å². The number of para-hydroxylation sites is 1. The number of methoxy groups -OCH3 is 3. The molecular weight excluding hydrogens is 697 g/mol. The van der Waals surface area contributed by atoms with E-state index >= 15 is 0 Å². The third-order valence-electron chi connectivity index (χ3n) is 15.0. The van der Waals surface area contributed by atoms with Crippen molar-refractivity contribution in [2.75, 3.05) is 54.3 Å². The van der Waals surface area contributed by atoms with Gasteiger partial charge in [0, 0.05) is 94.3 Å². The summed E-state index contributed by atoms with van der Waals surface area (Å²) in [5, 5.41) is 13.3. The molecule has 5 fully saturated rings. The lowest BCUT2D eigenvalue weighted by Crippen LogP contribution is -2.68. The lowest BCUT2D eigenvalue weighted by atomic mass is 9.56. The Bertz CT molecular complexity index is 2260. The molecular formula is C44H52N4O7. The molecule has 2 aliphatic carbocycles. The molecule has 11 nitrogen and oxygen atoms in total. The molecule has 3 N–H and O–H groups in total. The average molecular weight is 749 g/mol. The molecule has 4 aromatic rings. The molecule has 11 heteroatoms. The van der Waals surface area contributed by atoms with Crippen molar-refractivity contribution in [3.8, 4) is 5.75 Å². The number of aliphatic hydroxyl groups excluding tert-OH is 1. The highest BCUT2D eigenvalue weighted by Crippen LogP contribution is 2.58. The highest BCUT2D eigenvalue weighted by molar-refractivity contribution is 5.93. The number of nitrogens with zero attached hydrogens (tertiary/aromatic N) is 2.